The molecule has 0 N–H and O–H groups in total. The molecule has 0 bridgehead atoms. The highest BCUT2D eigenvalue weighted by molar-refractivity contribution is 5.53. The minimum absolute atomic E-state index is 0.223. The molecular weight excluding hydrogens is 188 g/mol. The van der Waals surface area contributed by atoms with Gasteiger partial charge in [0.15, 0.2) is 0 Å². The third kappa shape index (κ3) is 1.64. The summed E-state index contributed by atoms with van der Waals surface area (Å²) >= 11 is 0. The summed E-state index contributed by atoms with van der Waals surface area (Å²) in [6.07, 6.45) is 1.50. The Labute approximate surface area is 79.2 Å². The fourth-order valence-electron chi connectivity index (χ4n) is 1.17. The molecule has 0 aliphatic heterocycles. The van der Waals surface area contributed by atoms with Crippen LogP contribution in [0.4, 0.5) is 8.78 Å². The second-order valence-electron chi connectivity index (χ2n) is 2.93. The number of halogens is 2. The third-order valence-electron chi connectivity index (χ3n) is 1.73. The first-order valence-corrected chi connectivity index (χ1v) is 4.04. The summed E-state index contributed by atoms with van der Waals surface area (Å²) in [5.41, 5.74) is 0.301. The van der Waals surface area contributed by atoms with Gasteiger partial charge in [0.05, 0.1) is 6.20 Å². The Balaban J connectivity index is 2.51. The maximum Gasteiger partial charge on any atom is 0.226 e. The third-order valence-corrected chi connectivity index (χ3v) is 1.73. The monoisotopic (exact) mass is 195 g/mol. The number of hydrogen-bond acceptors (Lipinski definition) is 2. The zero-order valence-corrected chi connectivity index (χ0v) is 7.42. The van der Waals surface area contributed by atoms with Crippen LogP contribution in [0, 0.1) is 18.6 Å². The molecule has 0 radical (unpaired) electrons. The van der Waals surface area contributed by atoms with E-state index in [1.54, 1.807) is 6.92 Å². The Bertz CT molecular complexity index is 445. The lowest BCUT2D eigenvalue weighted by atomic mass is 10.2. The second kappa shape index (κ2) is 3.21. The van der Waals surface area contributed by atoms with Crippen LogP contribution in [0.3, 0.4) is 0 Å². The molecule has 0 aliphatic rings. The molecule has 0 fully saturated rings. The normalized spacial score (nSPS) is 10.5. The largest absolute Gasteiger partial charge is 0.441 e. The Hall–Kier alpha value is -1.71. The van der Waals surface area contributed by atoms with E-state index in [2.05, 4.69) is 4.98 Å². The maximum absolute atomic E-state index is 12.8. The molecule has 4 heteroatoms. The molecular formula is C10H7F2NO. The van der Waals surface area contributed by atoms with Gasteiger partial charge in [-0.3, -0.25) is 0 Å². The molecule has 0 saturated carbocycles. The minimum Gasteiger partial charge on any atom is -0.441 e. The molecule has 0 amide bonds. The maximum atomic E-state index is 12.8. The molecule has 2 nitrogen and oxygen atoms in total. The summed E-state index contributed by atoms with van der Waals surface area (Å²) in [7, 11) is 0. The van der Waals surface area contributed by atoms with Gasteiger partial charge in [0.1, 0.15) is 17.4 Å². The number of rotatable bonds is 1. The highest BCUT2D eigenvalue weighted by Gasteiger charge is 2.07. The molecule has 0 atom stereocenters. The van der Waals surface area contributed by atoms with Gasteiger partial charge in [-0.2, -0.15) is 0 Å². The summed E-state index contributed by atoms with van der Waals surface area (Å²) in [4.78, 5) is 3.87. The van der Waals surface area contributed by atoms with Gasteiger partial charge in [0.2, 0.25) is 5.89 Å². The lowest BCUT2D eigenvalue weighted by Crippen LogP contribution is -1.83. The van der Waals surface area contributed by atoms with Gasteiger partial charge in [-0.15, -0.1) is 0 Å². The zero-order chi connectivity index (χ0) is 10.1. The van der Waals surface area contributed by atoms with Crippen LogP contribution in [0.2, 0.25) is 0 Å². The molecule has 0 spiro atoms. The highest BCUT2D eigenvalue weighted by Crippen LogP contribution is 2.20. The van der Waals surface area contributed by atoms with Crippen molar-refractivity contribution in [3.05, 3.63) is 41.8 Å². The quantitative estimate of drug-likeness (QED) is 0.699. The van der Waals surface area contributed by atoms with E-state index in [-0.39, 0.29) is 5.89 Å². The molecule has 2 rings (SSSR count). The Morgan fingerprint density at radius 3 is 2.29 bits per heavy atom. The molecule has 1 aromatic heterocycles. The zero-order valence-electron chi connectivity index (χ0n) is 7.42. The van der Waals surface area contributed by atoms with Crippen molar-refractivity contribution >= 4 is 0 Å². The average molecular weight is 195 g/mol. The summed E-state index contributed by atoms with van der Waals surface area (Å²) in [5.74, 6) is -0.461. The van der Waals surface area contributed by atoms with Crippen molar-refractivity contribution in [1.29, 1.82) is 0 Å². The smallest absolute Gasteiger partial charge is 0.226 e. The number of aromatic nitrogens is 1. The van der Waals surface area contributed by atoms with E-state index >= 15 is 0 Å². The van der Waals surface area contributed by atoms with Crippen molar-refractivity contribution in [3.63, 3.8) is 0 Å². The van der Waals surface area contributed by atoms with Gasteiger partial charge in [-0.1, -0.05) is 0 Å². The fourth-order valence-corrected chi connectivity index (χ4v) is 1.17. The van der Waals surface area contributed by atoms with E-state index < -0.39 is 11.6 Å². The van der Waals surface area contributed by atoms with Crippen molar-refractivity contribution in [1.82, 2.24) is 4.98 Å². The standard InChI is InChI=1S/C10H7F2NO/c1-6-5-13-10(14-6)7-2-8(11)4-9(12)3-7/h2-5H,1H3. The van der Waals surface area contributed by atoms with Crippen molar-refractivity contribution in [2.45, 2.75) is 6.92 Å². The lowest BCUT2D eigenvalue weighted by molar-refractivity contribution is 0.538. The van der Waals surface area contributed by atoms with Crippen molar-refractivity contribution in [2.24, 2.45) is 0 Å². The molecule has 72 valence electrons. The van der Waals surface area contributed by atoms with Crippen LogP contribution in [-0.2, 0) is 0 Å². The SMILES string of the molecule is Cc1cnc(-c2cc(F)cc(F)c2)o1. The van der Waals surface area contributed by atoms with Gasteiger partial charge in [-0.25, -0.2) is 13.8 Å². The first kappa shape index (κ1) is 8.87. The first-order chi connectivity index (χ1) is 6.65. The molecule has 0 aliphatic carbocycles. The van der Waals surface area contributed by atoms with E-state index in [4.69, 9.17) is 4.42 Å². The molecule has 1 heterocycles. The molecule has 14 heavy (non-hydrogen) atoms. The molecule has 1 aromatic carbocycles. The van der Waals surface area contributed by atoms with Gasteiger partial charge >= 0.3 is 0 Å². The number of benzene rings is 1. The summed E-state index contributed by atoms with van der Waals surface area (Å²) in [5, 5.41) is 0. The van der Waals surface area contributed by atoms with Crippen LogP contribution in [0.25, 0.3) is 11.5 Å². The van der Waals surface area contributed by atoms with E-state index in [0.29, 0.717) is 11.3 Å². The summed E-state index contributed by atoms with van der Waals surface area (Å²) in [6, 6.07) is 3.15. The van der Waals surface area contributed by atoms with E-state index in [1.165, 1.54) is 18.3 Å². The number of nitrogens with zero attached hydrogens (tertiary/aromatic N) is 1. The van der Waals surface area contributed by atoms with Crippen molar-refractivity contribution in [3.8, 4) is 11.5 Å². The lowest BCUT2D eigenvalue weighted by Gasteiger charge is -1.96. The van der Waals surface area contributed by atoms with Crippen LogP contribution in [0.5, 0.6) is 0 Å². The van der Waals surface area contributed by atoms with Gasteiger partial charge in [-0.05, 0) is 19.1 Å². The highest BCUT2D eigenvalue weighted by atomic mass is 19.1. The van der Waals surface area contributed by atoms with Gasteiger partial charge in [0, 0.05) is 11.6 Å². The number of aryl methyl sites for hydroxylation is 1. The topological polar surface area (TPSA) is 26.0 Å². The number of oxazole rings is 1. The van der Waals surface area contributed by atoms with Gasteiger partial charge in [0.25, 0.3) is 0 Å². The first-order valence-electron chi connectivity index (χ1n) is 4.04. The van der Waals surface area contributed by atoms with Crippen LogP contribution in [-0.4, -0.2) is 4.98 Å². The predicted molar refractivity (Wildman–Crippen MR) is 46.6 cm³/mol. The second-order valence-corrected chi connectivity index (χ2v) is 2.93. The molecule has 0 saturated heterocycles. The number of hydrogen-bond donors (Lipinski definition) is 0. The predicted octanol–water partition coefficient (Wildman–Crippen LogP) is 2.93. The molecule has 0 unspecified atom stereocenters. The Kier molecular flexibility index (Phi) is 2.04. The summed E-state index contributed by atoms with van der Waals surface area (Å²) in [6.45, 7) is 1.71. The van der Waals surface area contributed by atoms with E-state index in [9.17, 15) is 8.78 Å². The Morgan fingerprint density at radius 1 is 1.14 bits per heavy atom. The van der Waals surface area contributed by atoms with Crippen molar-refractivity contribution < 1.29 is 13.2 Å². The molecule has 2 aromatic rings. The average Bonchev–Trinajstić information content (AvgIpc) is 2.50. The van der Waals surface area contributed by atoms with E-state index in [0.717, 1.165) is 6.07 Å². The van der Waals surface area contributed by atoms with Crippen LogP contribution < -0.4 is 0 Å². The van der Waals surface area contributed by atoms with Crippen LogP contribution in [0.1, 0.15) is 5.76 Å². The summed E-state index contributed by atoms with van der Waals surface area (Å²) < 4.78 is 30.8. The fraction of sp³-hybridized carbons (Fsp3) is 0.100. The van der Waals surface area contributed by atoms with Crippen molar-refractivity contribution in [2.75, 3.05) is 0 Å². The van der Waals surface area contributed by atoms with Gasteiger partial charge < -0.3 is 4.42 Å². The minimum atomic E-state index is -0.643. The van der Waals surface area contributed by atoms with E-state index in [1.807, 2.05) is 0 Å². The van der Waals surface area contributed by atoms with Crippen LogP contribution in [0.15, 0.2) is 28.8 Å². The Morgan fingerprint density at radius 2 is 1.79 bits per heavy atom. The van der Waals surface area contributed by atoms with Crippen LogP contribution >= 0.6 is 0 Å².